The van der Waals surface area contributed by atoms with Crippen molar-refractivity contribution in [2.24, 2.45) is 0 Å². The number of aliphatic carboxylic acids is 1. The van der Waals surface area contributed by atoms with Crippen LogP contribution in [-0.2, 0) is 20.6 Å². The number of hydrogen-bond acceptors (Lipinski definition) is 4. The molecule has 0 spiro atoms. The molecule has 1 aromatic carbocycles. The lowest BCUT2D eigenvalue weighted by Crippen LogP contribution is -2.56. The van der Waals surface area contributed by atoms with E-state index in [9.17, 15) is 14.7 Å². The van der Waals surface area contributed by atoms with Gasteiger partial charge in [0.05, 0.1) is 5.60 Å². The Hall–Kier alpha value is -1.86. The Morgan fingerprint density at radius 1 is 1.23 bits per heavy atom. The number of amides is 1. The van der Waals surface area contributed by atoms with Gasteiger partial charge in [-0.3, -0.25) is 0 Å². The molecule has 26 heavy (non-hydrogen) atoms. The van der Waals surface area contributed by atoms with Gasteiger partial charge in [-0.25, -0.2) is 9.59 Å². The third-order valence-corrected chi connectivity index (χ3v) is 9.78. The maximum atomic E-state index is 12.1. The first kappa shape index (κ1) is 20.4. The van der Waals surface area contributed by atoms with Gasteiger partial charge in [0.25, 0.3) is 0 Å². The van der Waals surface area contributed by atoms with Gasteiger partial charge in [0, 0.05) is 0 Å². The number of hydrogen-bond donors (Lipinski definition) is 2. The second-order valence-electron chi connectivity index (χ2n) is 8.40. The zero-order chi connectivity index (χ0) is 19.6. The monoisotopic (exact) mass is 379 g/mol. The summed E-state index contributed by atoms with van der Waals surface area (Å²) in [6, 6.07) is 8.14. The normalized spacial score (nSPS) is 17.3. The van der Waals surface area contributed by atoms with E-state index in [1.807, 2.05) is 30.3 Å². The highest BCUT2D eigenvalue weighted by Gasteiger charge is 2.59. The second kappa shape index (κ2) is 7.40. The van der Waals surface area contributed by atoms with Crippen molar-refractivity contribution in [1.29, 1.82) is 0 Å². The molecule has 0 bridgehead atoms. The number of benzene rings is 1. The molecule has 1 saturated carbocycles. The SMILES string of the molecule is CC(C)(C)[Si](C)(C)OC1([C@@H](NC(=O)OCc2ccccc2)C(=O)O)CC1. The van der Waals surface area contributed by atoms with E-state index in [-0.39, 0.29) is 11.6 Å². The molecule has 0 unspecified atom stereocenters. The van der Waals surface area contributed by atoms with E-state index < -0.39 is 32.0 Å². The molecule has 2 N–H and O–H groups in total. The lowest BCUT2D eigenvalue weighted by atomic mass is 10.1. The topological polar surface area (TPSA) is 84.9 Å². The van der Waals surface area contributed by atoms with Crippen LogP contribution in [-0.4, -0.2) is 37.1 Å². The fourth-order valence-electron chi connectivity index (χ4n) is 2.54. The summed E-state index contributed by atoms with van der Waals surface area (Å²) in [4.78, 5) is 23.9. The minimum Gasteiger partial charge on any atom is -0.480 e. The first-order valence-electron chi connectivity index (χ1n) is 8.87. The molecule has 6 nitrogen and oxygen atoms in total. The van der Waals surface area contributed by atoms with Crippen LogP contribution >= 0.6 is 0 Å². The summed E-state index contributed by atoms with van der Waals surface area (Å²) in [6.07, 6.45) is 0.497. The van der Waals surface area contributed by atoms with Gasteiger partial charge in [-0.05, 0) is 36.5 Å². The van der Waals surface area contributed by atoms with Gasteiger partial charge >= 0.3 is 12.1 Å². The van der Waals surface area contributed by atoms with Gasteiger partial charge in [-0.2, -0.15) is 0 Å². The Morgan fingerprint density at radius 3 is 2.27 bits per heavy atom. The van der Waals surface area contributed by atoms with Crippen molar-refractivity contribution in [2.75, 3.05) is 0 Å². The minimum atomic E-state index is -2.16. The molecule has 7 heteroatoms. The molecule has 1 fully saturated rings. The number of carbonyl (C=O) groups is 2. The largest absolute Gasteiger partial charge is 0.480 e. The molecule has 1 atom stereocenters. The van der Waals surface area contributed by atoms with Crippen molar-refractivity contribution in [3.63, 3.8) is 0 Å². The Balaban J connectivity index is 2.02. The van der Waals surface area contributed by atoms with Crippen molar-refractivity contribution >= 4 is 20.4 Å². The second-order valence-corrected chi connectivity index (χ2v) is 13.1. The van der Waals surface area contributed by atoms with Crippen molar-refractivity contribution in [3.8, 4) is 0 Å². The van der Waals surface area contributed by atoms with Crippen LogP contribution in [0.2, 0.25) is 18.1 Å². The number of alkyl carbamates (subject to hydrolysis) is 1. The van der Waals surface area contributed by atoms with Gasteiger partial charge in [0.2, 0.25) is 0 Å². The van der Waals surface area contributed by atoms with E-state index in [4.69, 9.17) is 9.16 Å². The quantitative estimate of drug-likeness (QED) is 0.702. The molecule has 0 radical (unpaired) electrons. The summed E-state index contributed by atoms with van der Waals surface area (Å²) < 4.78 is 11.5. The number of carboxylic acids is 1. The Morgan fingerprint density at radius 2 is 1.81 bits per heavy atom. The van der Waals surface area contributed by atoms with Crippen LogP contribution in [0.1, 0.15) is 39.2 Å². The lowest BCUT2D eigenvalue weighted by Gasteiger charge is -2.41. The van der Waals surface area contributed by atoms with Crippen LogP contribution in [0.4, 0.5) is 4.79 Å². The van der Waals surface area contributed by atoms with Crippen LogP contribution in [0.15, 0.2) is 30.3 Å². The summed E-state index contributed by atoms with van der Waals surface area (Å²) in [5.74, 6) is -1.10. The summed E-state index contributed by atoms with van der Waals surface area (Å²) in [6.45, 7) is 10.6. The zero-order valence-corrected chi connectivity index (χ0v) is 17.2. The Bertz CT molecular complexity index is 650. The average molecular weight is 380 g/mol. The first-order valence-corrected chi connectivity index (χ1v) is 11.8. The van der Waals surface area contributed by atoms with Crippen LogP contribution in [0.3, 0.4) is 0 Å². The lowest BCUT2D eigenvalue weighted by molar-refractivity contribution is -0.142. The van der Waals surface area contributed by atoms with Crippen molar-refractivity contribution in [1.82, 2.24) is 5.32 Å². The number of rotatable bonds is 7. The predicted octanol–water partition coefficient (Wildman–Crippen LogP) is 3.92. The highest BCUT2D eigenvalue weighted by molar-refractivity contribution is 6.74. The van der Waals surface area contributed by atoms with Crippen molar-refractivity contribution < 1.29 is 23.9 Å². The van der Waals surface area contributed by atoms with E-state index in [0.29, 0.717) is 12.8 Å². The minimum absolute atomic E-state index is 0.0422. The predicted molar refractivity (Wildman–Crippen MR) is 101 cm³/mol. The van der Waals surface area contributed by atoms with Gasteiger partial charge in [0.15, 0.2) is 14.4 Å². The maximum Gasteiger partial charge on any atom is 0.408 e. The highest BCUT2D eigenvalue weighted by atomic mass is 28.4. The summed E-state index contributed by atoms with van der Waals surface area (Å²) in [5, 5.41) is 12.1. The molecular formula is C19H29NO5Si. The fraction of sp³-hybridized carbons (Fsp3) is 0.579. The average Bonchev–Trinajstić information content (AvgIpc) is 3.30. The molecule has 1 amide bonds. The van der Waals surface area contributed by atoms with Crippen molar-refractivity contribution in [2.45, 2.75) is 70.0 Å². The molecule has 0 aromatic heterocycles. The van der Waals surface area contributed by atoms with E-state index >= 15 is 0 Å². The first-order chi connectivity index (χ1) is 12.0. The third kappa shape index (κ3) is 4.85. The molecule has 2 rings (SSSR count). The molecule has 1 aromatic rings. The van der Waals surface area contributed by atoms with E-state index in [1.54, 1.807) is 0 Å². The molecule has 1 aliphatic rings. The van der Waals surface area contributed by atoms with Gasteiger partial charge in [-0.15, -0.1) is 0 Å². The fourth-order valence-corrected chi connectivity index (χ4v) is 4.18. The highest BCUT2D eigenvalue weighted by Crippen LogP contribution is 2.49. The Kier molecular flexibility index (Phi) is 5.82. The molecule has 0 aliphatic heterocycles. The van der Waals surface area contributed by atoms with Crippen LogP contribution < -0.4 is 5.32 Å². The van der Waals surface area contributed by atoms with Crippen LogP contribution in [0, 0.1) is 0 Å². The summed E-state index contributed by atoms with van der Waals surface area (Å²) >= 11 is 0. The molecular weight excluding hydrogens is 350 g/mol. The summed E-state index contributed by atoms with van der Waals surface area (Å²) in [5.41, 5.74) is 0.00818. The molecule has 144 valence electrons. The smallest absolute Gasteiger partial charge is 0.408 e. The maximum absolute atomic E-state index is 12.1. The van der Waals surface area contributed by atoms with Crippen molar-refractivity contribution in [3.05, 3.63) is 35.9 Å². The molecule has 0 heterocycles. The molecule has 1 aliphatic carbocycles. The number of carbonyl (C=O) groups excluding carboxylic acids is 1. The number of ether oxygens (including phenoxy) is 1. The van der Waals surface area contributed by atoms with E-state index in [1.165, 1.54) is 0 Å². The number of carboxylic acid groups (broad SMARTS) is 1. The standard InChI is InChI=1S/C19H29NO5Si/c1-18(2,3)26(4,5)25-19(11-12-19)15(16(21)22)20-17(23)24-13-14-9-7-6-8-10-14/h6-10,15H,11-13H2,1-5H3,(H,20,23)(H,21,22)/t15-/m0/s1. The van der Waals surface area contributed by atoms with Gasteiger partial charge < -0.3 is 19.6 Å². The van der Waals surface area contributed by atoms with E-state index in [2.05, 4.69) is 39.2 Å². The molecule has 0 saturated heterocycles. The van der Waals surface area contributed by atoms with Crippen LogP contribution in [0.25, 0.3) is 0 Å². The number of nitrogens with one attached hydrogen (secondary N) is 1. The van der Waals surface area contributed by atoms with Crippen LogP contribution in [0.5, 0.6) is 0 Å². The Labute approximate surface area is 156 Å². The van der Waals surface area contributed by atoms with Gasteiger partial charge in [0.1, 0.15) is 6.61 Å². The van der Waals surface area contributed by atoms with E-state index in [0.717, 1.165) is 5.56 Å². The third-order valence-electron chi connectivity index (χ3n) is 5.26. The zero-order valence-electron chi connectivity index (χ0n) is 16.2. The summed E-state index contributed by atoms with van der Waals surface area (Å²) in [7, 11) is -2.16. The van der Waals surface area contributed by atoms with Gasteiger partial charge in [-0.1, -0.05) is 51.1 Å².